The molecule has 1 unspecified atom stereocenters. The standard InChI is InChI=1S/C25H32FN7O/c1-15(2)18-12-29-23(33-10-6-16(33)3)19-13-28-22(11-17(18)19)30-21-5-8-27-24(31-21)32-9-7-20(34)25(4,26)14-32/h5,8,11-13,15-16,20,34H,6-7,9-10,14H2,1-4H3,(H,27,28,30,31)/t16?,20-,25+/m1/s1. The molecule has 34 heavy (non-hydrogen) atoms. The molecule has 8 nitrogen and oxygen atoms in total. The van der Waals surface area contributed by atoms with Gasteiger partial charge < -0.3 is 20.2 Å². The number of aliphatic hydroxyl groups is 1. The van der Waals surface area contributed by atoms with Crippen molar-refractivity contribution >= 4 is 34.2 Å². The van der Waals surface area contributed by atoms with Crippen molar-refractivity contribution in [3.8, 4) is 0 Å². The van der Waals surface area contributed by atoms with Crippen molar-refractivity contribution in [2.24, 2.45) is 0 Å². The summed E-state index contributed by atoms with van der Waals surface area (Å²) < 4.78 is 14.7. The van der Waals surface area contributed by atoms with Crippen LogP contribution in [0, 0.1) is 0 Å². The maximum atomic E-state index is 14.7. The van der Waals surface area contributed by atoms with Gasteiger partial charge in [0.15, 0.2) is 5.67 Å². The lowest BCUT2D eigenvalue weighted by Gasteiger charge is -2.40. The molecule has 2 aliphatic heterocycles. The number of alkyl halides is 1. The number of rotatable bonds is 5. The second-order valence-corrected chi connectivity index (χ2v) is 10.0. The third-order valence-corrected chi connectivity index (χ3v) is 7.04. The summed E-state index contributed by atoms with van der Waals surface area (Å²) in [4.78, 5) is 22.5. The van der Waals surface area contributed by atoms with Gasteiger partial charge in [0.2, 0.25) is 5.95 Å². The molecule has 0 amide bonds. The molecule has 5 rings (SSSR count). The first kappa shape index (κ1) is 22.7. The Kier molecular flexibility index (Phi) is 5.75. The molecule has 2 fully saturated rings. The van der Waals surface area contributed by atoms with Gasteiger partial charge in [0.1, 0.15) is 17.5 Å². The van der Waals surface area contributed by atoms with Crippen LogP contribution in [-0.2, 0) is 0 Å². The molecule has 5 heterocycles. The van der Waals surface area contributed by atoms with Crippen LogP contribution < -0.4 is 15.1 Å². The van der Waals surface area contributed by atoms with Crippen LogP contribution in [0.5, 0.6) is 0 Å². The molecule has 3 aromatic rings. The van der Waals surface area contributed by atoms with E-state index in [0.29, 0.717) is 42.5 Å². The Morgan fingerprint density at radius 2 is 1.94 bits per heavy atom. The minimum Gasteiger partial charge on any atom is -0.390 e. The summed E-state index contributed by atoms with van der Waals surface area (Å²) in [5, 5.41) is 15.4. The first-order valence-corrected chi connectivity index (χ1v) is 12.0. The van der Waals surface area contributed by atoms with Crippen molar-refractivity contribution < 1.29 is 9.50 Å². The summed E-state index contributed by atoms with van der Waals surface area (Å²) in [7, 11) is 0. The Labute approximate surface area is 199 Å². The summed E-state index contributed by atoms with van der Waals surface area (Å²) in [5.74, 6) is 3.01. The fraction of sp³-hybridized carbons (Fsp3) is 0.520. The molecule has 9 heteroatoms. The van der Waals surface area contributed by atoms with Crippen LogP contribution in [0.3, 0.4) is 0 Å². The van der Waals surface area contributed by atoms with E-state index >= 15 is 0 Å². The molecule has 0 aliphatic carbocycles. The number of hydrogen-bond donors (Lipinski definition) is 2. The van der Waals surface area contributed by atoms with Crippen LogP contribution in [0.4, 0.5) is 27.8 Å². The van der Waals surface area contributed by atoms with Gasteiger partial charge in [0, 0.05) is 43.1 Å². The quantitative estimate of drug-likeness (QED) is 0.580. The maximum Gasteiger partial charge on any atom is 0.227 e. The fourth-order valence-corrected chi connectivity index (χ4v) is 4.74. The van der Waals surface area contributed by atoms with Gasteiger partial charge in [-0.05, 0) is 55.7 Å². The van der Waals surface area contributed by atoms with E-state index in [4.69, 9.17) is 4.98 Å². The first-order chi connectivity index (χ1) is 16.2. The molecule has 0 saturated carbocycles. The number of anilines is 4. The van der Waals surface area contributed by atoms with Crippen LogP contribution in [0.25, 0.3) is 10.8 Å². The van der Waals surface area contributed by atoms with E-state index in [1.165, 1.54) is 18.9 Å². The Balaban J connectivity index is 1.44. The molecule has 0 bridgehead atoms. The molecular formula is C25H32FN7O. The zero-order valence-electron chi connectivity index (χ0n) is 20.2. The molecule has 2 aliphatic rings. The Hall–Kier alpha value is -3.07. The fourth-order valence-electron chi connectivity index (χ4n) is 4.74. The lowest BCUT2D eigenvalue weighted by Crippen LogP contribution is -2.52. The summed E-state index contributed by atoms with van der Waals surface area (Å²) in [6.45, 7) is 9.54. The number of piperidine rings is 1. The van der Waals surface area contributed by atoms with Gasteiger partial charge in [0.05, 0.1) is 12.6 Å². The maximum absolute atomic E-state index is 14.7. The van der Waals surface area contributed by atoms with Crippen molar-refractivity contribution in [3.63, 3.8) is 0 Å². The number of hydrogen-bond acceptors (Lipinski definition) is 8. The van der Waals surface area contributed by atoms with E-state index in [1.54, 1.807) is 17.2 Å². The molecule has 0 spiro atoms. The zero-order chi connectivity index (χ0) is 24.0. The van der Waals surface area contributed by atoms with E-state index in [9.17, 15) is 9.50 Å². The van der Waals surface area contributed by atoms with Gasteiger partial charge in [0.25, 0.3) is 0 Å². The van der Waals surface area contributed by atoms with E-state index < -0.39 is 11.8 Å². The smallest absolute Gasteiger partial charge is 0.227 e. The second kappa shape index (κ2) is 8.61. The minimum absolute atomic E-state index is 0.0499. The van der Waals surface area contributed by atoms with Gasteiger partial charge in [-0.25, -0.2) is 19.3 Å². The van der Waals surface area contributed by atoms with Crippen molar-refractivity contribution in [3.05, 3.63) is 36.3 Å². The van der Waals surface area contributed by atoms with Crippen LogP contribution >= 0.6 is 0 Å². The SMILES string of the molecule is CC(C)c1cnc(N2CCC2C)c2cnc(Nc3ccnc(N4CC[C@@H](O)[C@@](C)(F)C4)n3)cc12. The molecule has 2 N–H and O–H groups in total. The van der Waals surface area contributed by atoms with Gasteiger partial charge in [-0.1, -0.05) is 13.8 Å². The number of fused-ring (bicyclic) bond motifs is 1. The first-order valence-electron chi connectivity index (χ1n) is 12.0. The lowest BCUT2D eigenvalue weighted by atomic mass is 9.94. The zero-order valence-corrected chi connectivity index (χ0v) is 20.2. The van der Waals surface area contributed by atoms with E-state index in [1.807, 2.05) is 12.4 Å². The summed E-state index contributed by atoms with van der Waals surface area (Å²) in [6.07, 6.45) is 6.07. The molecule has 3 atom stereocenters. The predicted octanol–water partition coefficient (Wildman–Crippen LogP) is 4.18. The van der Waals surface area contributed by atoms with E-state index in [2.05, 4.69) is 52.0 Å². The van der Waals surface area contributed by atoms with E-state index in [0.717, 1.165) is 23.1 Å². The van der Waals surface area contributed by atoms with E-state index in [-0.39, 0.29) is 6.54 Å². The highest BCUT2D eigenvalue weighted by Gasteiger charge is 2.39. The third-order valence-electron chi connectivity index (χ3n) is 7.04. The molecule has 0 radical (unpaired) electrons. The third kappa shape index (κ3) is 4.13. The van der Waals surface area contributed by atoms with Crippen LogP contribution in [0.1, 0.15) is 52.0 Å². The highest BCUT2D eigenvalue weighted by molar-refractivity contribution is 5.96. The molecule has 180 valence electrons. The average molecular weight is 466 g/mol. The lowest BCUT2D eigenvalue weighted by molar-refractivity contribution is -0.00860. The van der Waals surface area contributed by atoms with Gasteiger partial charge in [-0.15, -0.1) is 0 Å². The van der Waals surface area contributed by atoms with Crippen molar-refractivity contribution in [2.45, 2.75) is 64.3 Å². The monoisotopic (exact) mass is 465 g/mol. The number of pyridine rings is 2. The normalized spacial score (nSPS) is 25.0. The van der Waals surface area contributed by atoms with Crippen LogP contribution in [0.15, 0.2) is 30.7 Å². The molecule has 2 saturated heterocycles. The Bertz CT molecular complexity index is 1200. The second-order valence-electron chi connectivity index (χ2n) is 10.0. The summed E-state index contributed by atoms with van der Waals surface area (Å²) in [5.41, 5.74) is -0.521. The average Bonchev–Trinajstić information content (AvgIpc) is 2.79. The highest BCUT2D eigenvalue weighted by atomic mass is 19.1. The number of halogens is 1. The van der Waals surface area contributed by atoms with Crippen molar-refractivity contribution in [1.29, 1.82) is 0 Å². The topological polar surface area (TPSA) is 90.3 Å². The van der Waals surface area contributed by atoms with Crippen molar-refractivity contribution in [1.82, 2.24) is 19.9 Å². The Morgan fingerprint density at radius 1 is 1.12 bits per heavy atom. The number of nitrogens with zero attached hydrogens (tertiary/aromatic N) is 6. The molecule has 3 aromatic heterocycles. The number of nitrogens with one attached hydrogen (secondary N) is 1. The molecule has 0 aromatic carbocycles. The number of aliphatic hydroxyl groups excluding tert-OH is 1. The summed E-state index contributed by atoms with van der Waals surface area (Å²) in [6, 6.07) is 4.31. The Morgan fingerprint density at radius 3 is 2.62 bits per heavy atom. The van der Waals surface area contributed by atoms with Gasteiger partial charge in [-0.3, -0.25) is 0 Å². The van der Waals surface area contributed by atoms with Gasteiger partial charge >= 0.3 is 0 Å². The van der Waals surface area contributed by atoms with Crippen LogP contribution in [-0.4, -0.2) is 62.5 Å². The summed E-state index contributed by atoms with van der Waals surface area (Å²) >= 11 is 0. The van der Waals surface area contributed by atoms with Crippen molar-refractivity contribution in [2.75, 3.05) is 34.8 Å². The predicted molar refractivity (Wildman–Crippen MR) is 133 cm³/mol. The minimum atomic E-state index is -1.70. The highest BCUT2D eigenvalue weighted by Crippen LogP contribution is 2.36. The molecular weight excluding hydrogens is 433 g/mol. The number of aromatic nitrogens is 4. The van der Waals surface area contributed by atoms with Gasteiger partial charge in [-0.2, -0.15) is 4.98 Å². The van der Waals surface area contributed by atoms with Crippen LogP contribution in [0.2, 0.25) is 0 Å². The largest absolute Gasteiger partial charge is 0.390 e.